The third kappa shape index (κ3) is 6.80. The lowest BCUT2D eigenvalue weighted by molar-refractivity contribution is 0.207. The van der Waals surface area contributed by atoms with Crippen LogP contribution in [0.1, 0.15) is 0 Å². The Hall–Kier alpha value is -1.99. The number of benzene rings is 2. The molecule has 2 aromatic carbocycles. The second-order valence-electron chi connectivity index (χ2n) is 5.06. The maximum Gasteiger partial charge on any atom is 0.321 e. The summed E-state index contributed by atoms with van der Waals surface area (Å²) in [7, 11) is 1.62. The number of hydrogen-bond acceptors (Lipinski definition) is 3. The number of hydrogen-bond donors (Lipinski definition) is 1. The first kappa shape index (κ1) is 19.3. The summed E-state index contributed by atoms with van der Waals surface area (Å²) in [5, 5.41) is 3.29. The van der Waals surface area contributed by atoms with Crippen LogP contribution in [0, 0.1) is 0 Å². The lowest BCUT2D eigenvalue weighted by Gasteiger charge is -2.18. The van der Waals surface area contributed by atoms with Gasteiger partial charge in [0.05, 0.1) is 6.54 Å². The van der Waals surface area contributed by atoms with E-state index >= 15 is 0 Å². The van der Waals surface area contributed by atoms with Gasteiger partial charge in [0.1, 0.15) is 12.4 Å². The fourth-order valence-electron chi connectivity index (χ4n) is 1.90. The molecule has 0 heterocycles. The van der Waals surface area contributed by atoms with Crippen LogP contribution in [-0.2, 0) is 0 Å². The summed E-state index contributed by atoms with van der Waals surface area (Å²) in [5.41, 5.74) is 0.459. The van der Waals surface area contributed by atoms with Crippen molar-refractivity contribution >= 4 is 35.1 Å². The third-order valence-corrected chi connectivity index (χ3v) is 4.12. The molecule has 0 aliphatic carbocycles. The molecule has 2 aromatic rings. The lowest BCUT2D eigenvalue weighted by atomic mass is 10.3. The molecular formula is C17H17ClF2N2O2S. The number of halogens is 3. The molecule has 0 atom stereocenters. The second kappa shape index (κ2) is 9.48. The van der Waals surface area contributed by atoms with Gasteiger partial charge in [-0.2, -0.15) is 8.78 Å². The quantitative estimate of drug-likeness (QED) is 0.665. The van der Waals surface area contributed by atoms with Gasteiger partial charge in [0.2, 0.25) is 0 Å². The van der Waals surface area contributed by atoms with Crippen molar-refractivity contribution in [2.75, 3.05) is 25.5 Å². The minimum Gasteiger partial charge on any atom is -0.492 e. The van der Waals surface area contributed by atoms with Gasteiger partial charge in [0, 0.05) is 22.7 Å². The van der Waals surface area contributed by atoms with Crippen molar-refractivity contribution in [3.8, 4) is 5.75 Å². The van der Waals surface area contributed by atoms with E-state index in [1.54, 1.807) is 49.5 Å². The molecule has 134 valence electrons. The van der Waals surface area contributed by atoms with Gasteiger partial charge in [-0.15, -0.1) is 0 Å². The van der Waals surface area contributed by atoms with Gasteiger partial charge in [-0.1, -0.05) is 29.4 Å². The van der Waals surface area contributed by atoms with Crippen LogP contribution in [0.25, 0.3) is 0 Å². The molecule has 1 N–H and O–H groups in total. The number of thioether (sulfide) groups is 1. The number of ether oxygens (including phenoxy) is 1. The van der Waals surface area contributed by atoms with E-state index in [2.05, 4.69) is 5.32 Å². The molecule has 2 amide bonds. The number of anilines is 1. The molecule has 0 aromatic heterocycles. The summed E-state index contributed by atoms with van der Waals surface area (Å²) in [6.07, 6.45) is 0. The average Bonchev–Trinajstić information content (AvgIpc) is 2.56. The molecule has 0 saturated heterocycles. The zero-order valence-electron chi connectivity index (χ0n) is 13.4. The van der Waals surface area contributed by atoms with Gasteiger partial charge in [-0.25, -0.2) is 4.79 Å². The minimum atomic E-state index is -2.50. The highest BCUT2D eigenvalue weighted by Crippen LogP contribution is 2.27. The van der Waals surface area contributed by atoms with Crippen LogP contribution < -0.4 is 10.1 Å². The first-order valence-electron chi connectivity index (χ1n) is 7.39. The molecule has 4 nitrogen and oxygen atoms in total. The topological polar surface area (TPSA) is 41.6 Å². The summed E-state index contributed by atoms with van der Waals surface area (Å²) >= 11 is 6.23. The Labute approximate surface area is 154 Å². The van der Waals surface area contributed by atoms with Crippen molar-refractivity contribution in [1.82, 2.24) is 4.90 Å². The monoisotopic (exact) mass is 386 g/mol. The van der Waals surface area contributed by atoms with Crippen LogP contribution in [0.2, 0.25) is 5.02 Å². The molecule has 0 fully saturated rings. The molecule has 0 bridgehead atoms. The van der Waals surface area contributed by atoms with E-state index in [9.17, 15) is 13.6 Å². The Morgan fingerprint density at radius 2 is 2.00 bits per heavy atom. The molecule has 8 heteroatoms. The highest BCUT2D eigenvalue weighted by molar-refractivity contribution is 7.99. The summed E-state index contributed by atoms with van der Waals surface area (Å²) < 4.78 is 30.3. The fraction of sp³-hybridized carbons (Fsp3) is 0.235. The van der Waals surface area contributed by atoms with Gasteiger partial charge >= 0.3 is 6.03 Å². The van der Waals surface area contributed by atoms with Gasteiger partial charge in [0.15, 0.2) is 0 Å². The summed E-state index contributed by atoms with van der Waals surface area (Å²) in [6, 6.07) is 12.9. The van der Waals surface area contributed by atoms with Gasteiger partial charge in [-0.3, -0.25) is 0 Å². The number of nitrogens with zero attached hydrogens (tertiary/aromatic N) is 1. The molecule has 0 unspecified atom stereocenters. The van der Waals surface area contributed by atoms with Crippen LogP contribution in [0.4, 0.5) is 19.3 Å². The Morgan fingerprint density at radius 1 is 1.28 bits per heavy atom. The Morgan fingerprint density at radius 3 is 2.68 bits per heavy atom. The molecule has 0 spiro atoms. The molecule has 0 aliphatic heterocycles. The molecule has 0 radical (unpaired) electrons. The Bertz CT molecular complexity index is 701. The van der Waals surface area contributed by atoms with E-state index in [4.69, 9.17) is 16.3 Å². The maximum atomic E-state index is 12.4. The number of carbonyl (C=O) groups excluding carboxylic acids is 1. The summed E-state index contributed by atoms with van der Waals surface area (Å²) in [4.78, 5) is 14.0. The predicted molar refractivity (Wildman–Crippen MR) is 96.9 cm³/mol. The number of rotatable bonds is 7. The first-order valence-corrected chi connectivity index (χ1v) is 8.65. The number of urea groups is 1. The van der Waals surface area contributed by atoms with E-state index in [-0.39, 0.29) is 6.03 Å². The van der Waals surface area contributed by atoms with Gasteiger partial charge in [-0.05, 0) is 42.5 Å². The van der Waals surface area contributed by atoms with Crippen molar-refractivity contribution in [1.29, 1.82) is 0 Å². The fourth-order valence-corrected chi connectivity index (χ4v) is 2.59. The molecule has 0 saturated carbocycles. The molecule has 0 aliphatic rings. The Balaban J connectivity index is 1.80. The van der Waals surface area contributed by atoms with E-state index in [1.807, 2.05) is 0 Å². The average molecular weight is 387 g/mol. The predicted octanol–water partition coefficient (Wildman–Crippen LogP) is 5.20. The smallest absolute Gasteiger partial charge is 0.321 e. The zero-order chi connectivity index (χ0) is 18.2. The third-order valence-electron chi connectivity index (χ3n) is 3.17. The first-order chi connectivity index (χ1) is 11.9. The number of nitrogens with one attached hydrogen (secondary N) is 1. The summed E-state index contributed by atoms with van der Waals surface area (Å²) in [5.74, 6) is -1.84. The molecule has 25 heavy (non-hydrogen) atoms. The van der Waals surface area contributed by atoms with Crippen molar-refractivity contribution in [2.45, 2.75) is 10.7 Å². The van der Waals surface area contributed by atoms with E-state index in [0.717, 1.165) is 0 Å². The van der Waals surface area contributed by atoms with Crippen LogP contribution in [-0.4, -0.2) is 36.9 Å². The number of likely N-dealkylation sites (N-methyl/N-ethyl adjacent to an activating group) is 1. The maximum absolute atomic E-state index is 12.4. The lowest BCUT2D eigenvalue weighted by Crippen LogP contribution is -2.34. The minimum absolute atomic E-state index is 0.312. The van der Waals surface area contributed by atoms with E-state index < -0.39 is 5.76 Å². The Kier molecular flexibility index (Phi) is 7.33. The van der Waals surface area contributed by atoms with Crippen molar-refractivity contribution in [3.05, 3.63) is 53.6 Å². The van der Waals surface area contributed by atoms with Crippen LogP contribution in [0.5, 0.6) is 5.75 Å². The van der Waals surface area contributed by atoms with Crippen LogP contribution in [0.3, 0.4) is 0 Å². The highest BCUT2D eigenvalue weighted by atomic mass is 35.5. The number of alkyl halides is 2. The van der Waals surface area contributed by atoms with Crippen molar-refractivity contribution in [3.63, 3.8) is 0 Å². The largest absolute Gasteiger partial charge is 0.492 e. The number of carbonyl (C=O) groups is 1. The van der Waals surface area contributed by atoms with Crippen LogP contribution in [0.15, 0.2) is 53.4 Å². The standard InChI is InChI=1S/C17H17ClF2N2O2S/c1-22(9-10-24-14-7-5-12(18)6-8-14)17(23)21-13-3-2-4-15(11-13)25-16(19)20/h2-8,11,16H,9-10H2,1H3,(H,21,23). The number of amides is 2. The van der Waals surface area contributed by atoms with Crippen molar-refractivity contribution in [2.24, 2.45) is 0 Å². The molecule has 2 rings (SSSR count). The SMILES string of the molecule is CN(CCOc1ccc(Cl)cc1)C(=O)Nc1cccc(SC(F)F)c1. The van der Waals surface area contributed by atoms with Crippen molar-refractivity contribution < 1.29 is 18.3 Å². The van der Waals surface area contributed by atoms with Gasteiger partial charge in [0.25, 0.3) is 5.76 Å². The van der Waals surface area contributed by atoms with Gasteiger partial charge < -0.3 is 15.0 Å². The molecular weight excluding hydrogens is 370 g/mol. The van der Waals surface area contributed by atoms with E-state index in [1.165, 1.54) is 11.0 Å². The van der Waals surface area contributed by atoms with E-state index in [0.29, 0.717) is 46.3 Å². The normalized spacial score (nSPS) is 10.6. The highest BCUT2D eigenvalue weighted by Gasteiger charge is 2.10. The summed E-state index contributed by atoms with van der Waals surface area (Å²) in [6.45, 7) is 0.673. The van der Waals surface area contributed by atoms with Crippen LogP contribution >= 0.6 is 23.4 Å². The zero-order valence-corrected chi connectivity index (χ0v) is 15.0. The second-order valence-corrected chi connectivity index (χ2v) is 6.56.